The largest absolute Gasteiger partial charge is 0.489 e. The molecule has 0 saturated heterocycles. The van der Waals surface area contributed by atoms with Crippen LogP contribution in [0.3, 0.4) is 0 Å². The monoisotopic (exact) mass is 555 g/mol. The Balaban J connectivity index is 1.36. The first kappa shape index (κ1) is 26.8. The number of halogens is 1. The van der Waals surface area contributed by atoms with Crippen molar-refractivity contribution < 1.29 is 23.5 Å². The van der Waals surface area contributed by atoms with Gasteiger partial charge in [-0.1, -0.05) is 30.0 Å². The molecule has 2 aromatic carbocycles. The van der Waals surface area contributed by atoms with Crippen LogP contribution in [-0.2, 0) is 4.79 Å². The van der Waals surface area contributed by atoms with E-state index in [0.29, 0.717) is 27.9 Å². The van der Waals surface area contributed by atoms with Gasteiger partial charge in [-0.15, -0.1) is 10.2 Å². The summed E-state index contributed by atoms with van der Waals surface area (Å²) in [6.07, 6.45) is 2.28. The van der Waals surface area contributed by atoms with Gasteiger partial charge in [0.2, 0.25) is 16.9 Å². The van der Waals surface area contributed by atoms with Crippen LogP contribution < -0.4 is 21.1 Å². The lowest BCUT2D eigenvalue weighted by Crippen LogP contribution is -2.15. The molecule has 2 heterocycles. The molecule has 0 aliphatic carbocycles. The molecule has 11 nitrogen and oxygen atoms in total. The number of nitrogens with one attached hydrogen (secondary N) is 2. The van der Waals surface area contributed by atoms with E-state index in [2.05, 4.69) is 25.9 Å². The second kappa shape index (κ2) is 12.3. The summed E-state index contributed by atoms with van der Waals surface area (Å²) in [6.45, 7) is 2.32. The average molecular weight is 556 g/mol. The number of carbonyl (C=O) groups excluding carboxylic acids is 3. The van der Waals surface area contributed by atoms with Crippen LogP contribution in [-0.4, -0.2) is 50.1 Å². The van der Waals surface area contributed by atoms with Crippen molar-refractivity contribution >= 4 is 51.6 Å². The van der Waals surface area contributed by atoms with Gasteiger partial charge < -0.3 is 15.8 Å². The predicted molar refractivity (Wildman–Crippen MR) is 141 cm³/mol. The number of rotatable bonds is 11. The maximum atomic E-state index is 13.3. The third kappa shape index (κ3) is 6.92. The Morgan fingerprint density at radius 3 is 2.50 bits per heavy atom. The van der Waals surface area contributed by atoms with Gasteiger partial charge in [-0.3, -0.25) is 19.7 Å². The Hall–Kier alpha value is -4.30. The summed E-state index contributed by atoms with van der Waals surface area (Å²) < 4.78 is 20.9. The van der Waals surface area contributed by atoms with Crippen LogP contribution in [0.2, 0.25) is 0 Å². The zero-order valence-electron chi connectivity index (χ0n) is 20.0. The van der Waals surface area contributed by atoms with Crippen molar-refractivity contribution in [1.82, 2.24) is 20.0 Å². The SMILES string of the molecule is CCCOc1cn(-c2ccc(F)cc2)nc1C(=O)Nc1nnc(SCC(=O)Nc2ccc(C(N)=O)cc2)s1. The van der Waals surface area contributed by atoms with Crippen molar-refractivity contribution in [2.75, 3.05) is 23.0 Å². The average Bonchev–Trinajstić information content (AvgIpc) is 3.54. The number of primary amides is 1. The molecule has 4 rings (SSSR count). The summed E-state index contributed by atoms with van der Waals surface area (Å²) in [6, 6.07) is 11.9. The van der Waals surface area contributed by atoms with E-state index >= 15 is 0 Å². The van der Waals surface area contributed by atoms with E-state index in [1.807, 2.05) is 6.92 Å². The van der Waals surface area contributed by atoms with Crippen molar-refractivity contribution in [2.45, 2.75) is 17.7 Å². The molecule has 0 bridgehead atoms. The first-order valence-corrected chi connectivity index (χ1v) is 13.1. The highest BCUT2D eigenvalue weighted by Crippen LogP contribution is 2.27. The molecule has 0 unspecified atom stereocenters. The normalized spacial score (nSPS) is 10.7. The number of anilines is 2. The van der Waals surface area contributed by atoms with E-state index in [-0.39, 0.29) is 34.1 Å². The fraction of sp³-hybridized carbons (Fsp3) is 0.167. The minimum Gasteiger partial charge on any atom is -0.489 e. The van der Waals surface area contributed by atoms with E-state index in [4.69, 9.17) is 10.5 Å². The molecule has 38 heavy (non-hydrogen) atoms. The van der Waals surface area contributed by atoms with Gasteiger partial charge in [-0.25, -0.2) is 9.07 Å². The second-order valence-corrected chi connectivity index (χ2v) is 9.92. The quantitative estimate of drug-likeness (QED) is 0.187. The molecular weight excluding hydrogens is 533 g/mol. The summed E-state index contributed by atoms with van der Waals surface area (Å²) in [7, 11) is 0. The summed E-state index contributed by atoms with van der Waals surface area (Å²) >= 11 is 2.25. The molecule has 0 saturated carbocycles. The third-order valence-corrected chi connectivity index (χ3v) is 6.83. The van der Waals surface area contributed by atoms with Crippen molar-refractivity contribution in [1.29, 1.82) is 0 Å². The Labute approximate surface area is 224 Å². The van der Waals surface area contributed by atoms with Crippen LogP contribution in [0.15, 0.2) is 59.1 Å². The number of amides is 3. The molecule has 4 N–H and O–H groups in total. The Kier molecular flexibility index (Phi) is 8.66. The first-order chi connectivity index (χ1) is 18.3. The van der Waals surface area contributed by atoms with Gasteiger partial charge in [0.05, 0.1) is 24.2 Å². The number of carbonyl (C=O) groups is 3. The van der Waals surface area contributed by atoms with E-state index in [1.54, 1.807) is 18.3 Å². The molecule has 3 amide bonds. The summed E-state index contributed by atoms with van der Waals surface area (Å²) in [5, 5.41) is 17.8. The molecule has 0 radical (unpaired) electrons. The van der Waals surface area contributed by atoms with Crippen LogP contribution in [0.1, 0.15) is 34.2 Å². The summed E-state index contributed by atoms with van der Waals surface area (Å²) in [5.41, 5.74) is 6.66. The van der Waals surface area contributed by atoms with Crippen LogP contribution in [0, 0.1) is 5.82 Å². The lowest BCUT2D eigenvalue weighted by molar-refractivity contribution is -0.113. The molecule has 14 heteroatoms. The van der Waals surface area contributed by atoms with Crippen molar-refractivity contribution in [3.63, 3.8) is 0 Å². The number of nitrogens with two attached hydrogens (primary N) is 1. The standard InChI is InChI=1S/C24H22FN7O4S2/c1-2-11-36-18-12-32(17-9-5-15(25)6-10-17)31-20(18)22(35)28-23-29-30-24(38-23)37-13-19(33)27-16-7-3-14(4-8-16)21(26)34/h3-10,12H,2,11,13H2,1H3,(H2,26,34)(H,27,33)(H,28,29,35). The van der Waals surface area contributed by atoms with Crippen molar-refractivity contribution in [2.24, 2.45) is 5.73 Å². The van der Waals surface area contributed by atoms with Gasteiger partial charge in [-0.2, -0.15) is 5.10 Å². The van der Waals surface area contributed by atoms with Gasteiger partial charge in [0.15, 0.2) is 15.8 Å². The fourth-order valence-electron chi connectivity index (χ4n) is 3.08. The molecule has 196 valence electrons. The number of thioether (sulfide) groups is 1. The Bertz CT molecular complexity index is 1440. The van der Waals surface area contributed by atoms with Gasteiger partial charge >= 0.3 is 0 Å². The predicted octanol–water partition coefficient (Wildman–Crippen LogP) is 3.73. The van der Waals surface area contributed by atoms with Crippen molar-refractivity contribution in [3.8, 4) is 11.4 Å². The summed E-state index contributed by atoms with van der Waals surface area (Å²) in [5.74, 6) is -1.45. The number of hydrogen-bond acceptors (Lipinski definition) is 9. The van der Waals surface area contributed by atoms with E-state index in [1.165, 1.54) is 41.1 Å². The Morgan fingerprint density at radius 1 is 1.08 bits per heavy atom. The Morgan fingerprint density at radius 2 is 1.82 bits per heavy atom. The molecule has 4 aromatic rings. The van der Waals surface area contributed by atoms with Gasteiger partial charge in [0, 0.05) is 11.3 Å². The minimum absolute atomic E-state index is 0.0360. The van der Waals surface area contributed by atoms with Crippen LogP contribution >= 0.6 is 23.1 Å². The van der Waals surface area contributed by atoms with E-state index < -0.39 is 11.8 Å². The molecule has 2 aromatic heterocycles. The number of hydrogen-bond donors (Lipinski definition) is 3. The van der Waals surface area contributed by atoms with E-state index in [9.17, 15) is 18.8 Å². The topological polar surface area (TPSA) is 154 Å². The highest BCUT2D eigenvalue weighted by Gasteiger charge is 2.21. The summed E-state index contributed by atoms with van der Waals surface area (Å²) in [4.78, 5) is 36.4. The second-order valence-electron chi connectivity index (χ2n) is 7.72. The number of nitrogens with zero attached hydrogens (tertiary/aromatic N) is 4. The zero-order chi connectivity index (χ0) is 27.1. The van der Waals surface area contributed by atoms with Crippen molar-refractivity contribution in [3.05, 3.63) is 71.8 Å². The first-order valence-electron chi connectivity index (χ1n) is 11.3. The zero-order valence-corrected chi connectivity index (χ0v) is 21.6. The lowest BCUT2D eigenvalue weighted by Gasteiger charge is -2.04. The molecule has 0 aliphatic heterocycles. The molecule has 0 aliphatic rings. The molecule has 0 atom stereocenters. The maximum Gasteiger partial charge on any atom is 0.281 e. The number of benzene rings is 2. The molecular formula is C24H22FN7O4S2. The van der Waals surface area contributed by atoms with Crippen LogP contribution in [0.25, 0.3) is 5.69 Å². The van der Waals surface area contributed by atoms with E-state index in [0.717, 1.165) is 29.5 Å². The number of ether oxygens (including phenoxy) is 1. The third-order valence-electron chi connectivity index (χ3n) is 4.86. The van der Waals surface area contributed by atoms with Crippen LogP contribution in [0.5, 0.6) is 5.75 Å². The highest BCUT2D eigenvalue weighted by atomic mass is 32.2. The maximum absolute atomic E-state index is 13.3. The number of aromatic nitrogens is 4. The highest BCUT2D eigenvalue weighted by molar-refractivity contribution is 8.01. The van der Waals surface area contributed by atoms with Gasteiger partial charge in [0.25, 0.3) is 5.91 Å². The molecule has 0 fully saturated rings. The van der Waals surface area contributed by atoms with Crippen LogP contribution in [0.4, 0.5) is 15.2 Å². The smallest absolute Gasteiger partial charge is 0.281 e. The van der Waals surface area contributed by atoms with Gasteiger partial charge in [-0.05, 0) is 55.0 Å². The minimum atomic E-state index is -0.554. The lowest BCUT2D eigenvalue weighted by atomic mass is 10.2. The molecule has 0 spiro atoms. The van der Waals surface area contributed by atoms with Gasteiger partial charge in [0.1, 0.15) is 5.82 Å². The fourth-order valence-corrected chi connectivity index (χ4v) is 4.62.